The number of hydrogen-bond donors (Lipinski definition) is 1. The number of hydrogen-bond acceptors (Lipinski definition) is 6. The van der Waals surface area contributed by atoms with Gasteiger partial charge in [0.15, 0.2) is 11.0 Å². The second-order valence-electron chi connectivity index (χ2n) is 6.36. The Labute approximate surface area is 173 Å². The second kappa shape index (κ2) is 9.75. The number of pyridine rings is 1. The lowest BCUT2D eigenvalue weighted by atomic mass is 10.1. The molecule has 1 atom stereocenters. The third kappa shape index (κ3) is 5.36. The summed E-state index contributed by atoms with van der Waals surface area (Å²) in [4.78, 5) is 16.5. The Kier molecular flexibility index (Phi) is 7.11. The first-order chi connectivity index (χ1) is 13.5. The maximum absolute atomic E-state index is 12.2. The summed E-state index contributed by atoms with van der Waals surface area (Å²) in [5.74, 6) is 1.83. The van der Waals surface area contributed by atoms with Crippen molar-refractivity contribution in [2.24, 2.45) is 7.05 Å². The average molecular weight is 414 g/mol. The molecule has 8 heteroatoms. The summed E-state index contributed by atoms with van der Waals surface area (Å²) in [6.45, 7) is 4.03. The Balaban J connectivity index is 1.55. The van der Waals surface area contributed by atoms with E-state index in [4.69, 9.17) is 0 Å². The Morgan fingerprint density at radius 3 is 2.68 bits per heavy atom. The van der Waals surface area contributed by atoms with Crippen LogP contribution in [0.3, 0.4) is 0 Å². The Morgan fingerprint density at radius 1 is 1.14 bits per heavy atom. The summed E-state index contributed by atoms with van der Waals surface area (Å²) in [6.07, 6.45) is 1.72. The van der Waals surface area contributed by atoms with E-state index >= 15 is 0 Å². The summed E-state index contributed by atoms with van der Waals surface area (Å²) >= 11 is 3.06. The van der Waals surface area contributed by atoms with Gasteiger partial charge in [-0.2, -0.15) is 0 Å². The first-order valence-electron chi connectivity index (χ1n) is 8.94. The molecule has 28 heavy (non-hydrogen) atoms. The van der Waals surface area contributed by atoms with Gasteiger partial charge in [-0.15, -0.1) is 10.2 Å². The van der Waals surface area contributed by atoms with Crippen molar-refractivity contribution in [3.05, 3.63) is 65.6 Å². The zero-order chi connectivity index (χ0) is 19.9. The molecule has 0 saturated heterocycles. The highest BCUT2D eigenvalue weighted by molar-refractivity contribution is 7.99. The van der Waals surface area contributed by atoms with Crippen LogP contribution < -0.4 is 5.32 Å². The SMILES string of the molecule is Cc1ccccc1CSc1nnc([C@@H](C)NC(=O)CSc2ccccn2)n1C. The van der Waals surface area contributed by atoms with Crippen LogP contribution >= 0.6 is 23.5 Å². The van der Waals surface area contributed by atoms with Gasteiger partial charge in [0.2, 0.25) is 5.91 Å². The van der Waals surface area contributed by atoms with Gasteiger partial charge in [0, 0.05) is 19.0 Å². The molecule has 1 amide bonds. The van der Waals surface area contributed by atoms with Crippen LogP contribution in [-0.4, -0.2) is 31.4 Å². The van der Waals surface area contributed by atoms with Crippen LogP contribution in [-0.2, 0) is 17.6 Å². The van der Waals surface area contributed by atoms with Gasteiger partial charge >= 0.3 is 0 Å². The van der Waals surface area contributed by atoms with Gasteiger partial charge < -0.3 is 9.88 Å². The normalized spacial score (nSPS) is 12.0. The van der Waals surface area contributed by atoms with Gasteiger partial charge in [0.1, 0.15) is 0 Å². The molecule has 3 aromatic rings. The molecular formula is C20H23N5OS2. The van der Waals surface area contributed by atoms with Crippen molar-refractivity contribution < 1.29 is 4.79 Å². The fourth-order valence-corrected chi connectivity index (χ4v) is 4.33. The molecule has 1 aromatic carbocycles. The first-order valence-corrected chi connectivity index (χ1v) is 10.9. The molecule has 146 valence electrons. The zero-order valence-electron chi connectivity index (χ0n) is 16.1. The highest BCUT2D eigenvalue weighted by Crippen LogP contribution is 2.24. The Bertz CT molecular complexity index is 929. The van der Waals surface area contributed by atoms with E-state index in [9.17, 15) is 4.79 Å². The van der Waals surface area contributed by atoms with Gasteiger partial charge in [0.25, 0.3) is 0 Å². The van der Waals surface area contributed by atoms with E-state index < -0.39 is 0 Å². The van der Waals surface area contributed by atoms with E-state index in [0.717, 1.165) is 21.8 Å². The van der Waals surface area contributed by atoms with Crippen molar-refractivity contribution in [1.29, 1.82) is 0 Å². The van der Waals surface area contributed by atoms with Crippen LogP contribution in [0, 0.1) is 6.92 Å². The maximum atomic E-state index is 12.2. The van der Waals surface area contributed by atoms with Gasteiger partial charge in [-0.25, -0.2) is 4.98 Å². The Morgan fingerprint density at radius 2 is 1.93 bits per heavy atom. The van der Waals surface area contributed by atoms with Crippen LogP contribution in [0.4, 0.5) is 0 Å². The molecule has 0 fully saturated rings. The predicted octanol–water partition coefficient (Wildman–Crippen LogP) is 3.78. The van der Waals surface area contributed by atoms with Gasteiger partial charge in [-0.1, -0.05) is 53.9 Å². The van der Waals surface area contributed by atoms with Crippen molar-refractivity contribution in [1.82, 2.24) is 25.1 Å². The van der Waals surface area contributed by atoms with Crippen molar-refractivity contribution in [2.45, 2.75) is 35.8 Å². The summed E-state index contributed by atoms with van der Waals surface area (Å²) in [7, 11) is 1.93. The van der Waals surface area contributed by atoms with E-state index in [1.165, 1.54) is 22.9 Å². The molecule has 6 nitrogen and oxygen atoms in total. The second-order valence-corrected chi connectivity index (χ2v) is 8.30. The fourth-order valence-electron chi connectivity index (χ4n) is 2.66. The predicted molar refractivity (Wildman–Crippen MR) is 113 cm³/mol. The molecule has 0 aliphatic heterocycles. The molecule has 0 saturated carbocycles. The zero-order valence-corrected chi connectivity index (χ0v) is 17.8. The number of rotatable bonds is 8. The number of thioether (sulfide) groups is 2. The summed E-state index contributed by atoms with van der Waals surface area (Å²) in [5, 5.41) is 13.2. The number of nitrogens with zero attached hydrogens (tertiary/aromatic N) is 4. The largest absolute Gasteiger partial charge is 0.346 e. The van der Waals surface area contributed by atoms with Gasteiger partial charge in [0.05, 0.1) is 16.8 Å². The van der Waals surface area contributed by atoms with E-state index in [1.807, 2.05) is 48.9 Å². The number of carbonyl (C=O) groups excluding carboxylic acids is 1. The molecule has 2 aromatic heterocycles. The van der Waals surface area contributed by atoms with Crippen LogP contribution in [0.25, 0.3) is 0 Å². The fraction of sp³-hybridized carbons (Fsp3) is 0.300. The number of benzene rings is 1. The van der Waals surface area contributed by atoms with Gasteiger partial charge in [-0.3, -0.25) is 4.79 Å². The monoisotopic (exact) mass is 413 g/mol. The highest BCUT2D eigenvalue weighted by atomic mass is 32.2. The van der Waals surface area contributed by atoms with Gasteiger partial charge in [-0.05, 0) is 37.1 Å². The first kappa shape index (κ1) is 20.4. The standard InChI is InChI=1S/C20H23N5OS2/c1-14-8-4-5-9-16(14)12-28-20-24-23-19(25(20)3)15(2)22-17(26)13-27-18-10-6-7-11-21-18/h4-11,15H,12-13H2,1-3H3,(H,22,26)/t15-/m1/s1. The molecule has 0 aliphatic carbocycles. The molecule has 1 N–H and O–H groups in total. The molecule has 2 heterocycles. The van der Waals surface area contributed by atoms with Crippen LogP contribution in [0.5, 0.6) is 0 Å². The van der Waals surface area contributed by atoms with E-state index in [0.29, 0.717) is 5.75 Å². The minimum atomic E-state index is -0.220. The number of aryl methyl sites for hydroxylation is 1. The van der Waals surface area contributed by atoms with Crippen LogP contribution in [0.1, 0.15) is 29.9 Å². The van der Waals surface area contributed by atoms with E-state index in [1.54, 1.807) is 18.0 Å². The number of carbonyl (C=O) groups is 1. The maximum Gasteiger partial charge on any atom is 0.230 e. The minimum absolute atomic E-state index is 0.0553. The number of aromatic nitrogens is 4. The molecule has 3 rings (SSSR count). The third-order valence-corrected chi connectivity index (χ3v) is 6.25. The smallest absolute Gasteiger partial charge is 0.230 e. The molecule has 0 spiro atoms. The molecular weight excluding hydrogens is 390 g/mol. The lowest BCUT2D eigenvalue weighted by molar-refractivity contribution is -0.119. The minimum Gasteiger partial charge on any atom is -0.346 e. The van der Waals surface area contributed by atoms with E-state index in [-0.39, 0.29) is 11.9 Å². The summed E-state index contributed by atoms with van der Waals surface area (Å²) in [6, 6.07) is 13.8. The quantitative estimate of drug-likeness (QED) is 0.567. The summed E-state index contributed by atoms with van der Waals surface area (Å²) < 4.78 is 1.94. The highest BCUT2D eigenvalue weighted by Gasteiger charge is 2.18. The van der Waals surface area contributed by atoms with E-state index in [2.05, 4.69) is 39.6 Å². The average Bonchev–Trinajstić information content (AvgIpc) is 3.07. The summed E-state index contributed by atoms with van der Waals surface area (Å²) in [5.41, 5.74) is 2.55. The van der Waals surface area contributed by atoms with Crippen molar-refractivity contribution in [3.8, 4) is 0 Å². The van der Waals surface area contributed by atoms with Crippen molar-refractivity contribution in [3.63, 3.8) is 0 Å². The topological polar surface area (TPSA) is 72.7 Å². The lowest BCUT2D eigenvalue weighted by Gasteiger charge is -2.13. The lowest BCUT2D eigenvalue weighted by Crippen LogP contribution is -2.29. The van der Waals surface area contributed by atoms with Crippen LogP contribution in [0.2, 0.25) is 0 Å². The molecule has 0 unspecified atom stereocenters. The molecule has 0 bridgehead atoms. The number of amides is 1. The molecule has 0 radical (unpaired) electrons. The molecule has 0 aliphatic rings. The number of nitrogens with one attached hydrogen (secondary N) is 1. The third-order valence-electron chi connectivity index (χ3n) is 4.24. The van der Waals surface area contributed by atoms with Crippen LogP contribution in [0.15, 0.2) is 58.8 Å². The van der Waals surface area contributed by atoms with Crippen molar-refractivity contribution in [2.75, 3.05) is 5.75 Å². The van der Waals surface area contributed by atoms with Crippen molar-refractivity contribution >= 4 is 29.4 Å². The Hall–Kier alpha value is -2.32.